The van der Waals surface area contributed by atoms with Crippen molar-refractivity contribution < 1.29 is 61.6 Å². The third-order valence-electron chi connectivity index (χ3n) is 9.03. The van der Waals surface area contributed by atoms with Gasteiger partial charge in [0.05, 0.1) is 159 Å². The van der Waals surface area contributed by atoms with Crippen molar-refractivity contribution in [3.05, 3.63) is 0 Å². The second-order valence-corrected chi connectivity index (χ2v) is 15.4. The molecule has 356 valence electrons. The van der Waals surface area contributed by atoms with Gasteiger partial charge in [-0.2, -0.15) is 0 Å². The Morgan fingerprint density at radius 2 is 0.339 bits per heavy atom. The lowest BCUT2D eigenvalue weighted by Crippen LogP contribution is -2.15. The molecule has 0 aliphatic heterocycles. The summed E-state index contributed by atoms with van der Waals surface area (Å²) in [7, 11) is 0. The highest BCUT2D eigenvalue weighted by atomic mass is 127. The van der Waals surface area contributed by atoms with E-state index in [9.17, 15) is 0 Å². The van der Waals surface area contributed by atoms with Crippen LogP contribution in [0.15, 0.2) is 0 Å². The van der Waals surface area contributed by atoms with Gasteiger partial charge in [0.2, 0.25) is 0 Å². The standard InChI is InChI=1S/C45H91IO13/c1-2-3-4-5-6-7-8-9-10-11-12-14-17-20-47-22-24-49-26-28-51-30-32-53-34-36-55-38-40-57-42-44-59-45-43-58-41-39-56-37-35-54-33-31-52-29-27-50-25-23-48-21-18-15-13-16-19-46/h2-45H2,1H3. The third-order valence-corrected chi connectivity index (χ3v) is 9.79. The quantitative estimate of drug-likeness (QED) is 0.0331. The predicted octanol–water partition coefficient (Wildman–Crippen LogP) is 8.29. The van der Waals surface area contributed by atoms with Gasteiger partial charge in [0.25, 0.3) is 0 Å². The summed E-state index contributed by atoms with van der Waals surface area (Å²) in [4.78, 5) is 0. The van der Waals surface area contributed by atoms with Crippen molar-refractivity contribution in [2.45, 2.75) is 116 Å². The summed E-state index contributed by atoms with van der Waals surface area (Å²) in [5.41, 5.74) is 0. The molecule has 0 bridgehead atoms. The average Bonchev–Trinajstić information content (AvgIpc) is 3.25. The van der Waals surface area contributed by atoms with Gasteiger partial charge in [-0.3, -0.25) is 0 Å². The fourth-order valence-electron chi connectivity index (χ4n) is 5.62. The van der Waals surface area contributed by atoms with Gasteiger partial charge in [-0.15, -0.1) is 0 Å². The number of ether oxygens (including phenoxy) is 13. The van der Waals surface area contributed by atoms with Crippen LogP contribution >= 0.6 is 22.6 Å². The summed E-state index contributed by atoms with van der Waals surface area (Å²) in [6, 6.07) is 0. The molecule has 0 saturated heterocycles. The summed E-state index contributed by atoms with van der Waals surface area (Å²) in [5.74, 6) is 0. The van der Waals surface area contributed by atoms with Gasteiger partial charge in [0, 0.05) is 13.2 Å². The van der Waals surface area contributed by atoms with Crippen LogP contribution in [-0.4, -0.2) is 176 Å². The number of alkyl halides is 1. The van der Waals surface area contributed by atoms with E-state index in [-0.39, 0.29) is 0 Å². The van der Waals surface area contributed by atoms with Crippen LogP contribution < -0.4 is 0 Å². The minimum atomic E-state index is 0.517. The van der Waals surface area contributed by atoms with Crippen molar-refractivity contribution in [3.8, 4) is 0 Å². The number of rotatable bonds is 56. The second kappa shape index (κ2) is 58.2. The Balaban J connectivity index is 3.06. The Bertz CT molecular complexity index is 661. The minimum absolute atomic E-state index is 0.517. The van der Waals surface area contributed by atoms with Crippen LogP contribution in [0.3, 0.4) is 0 Å². The zero-order chi connectivity index (χ0) is 42.3. The maximum atomic E-state index is 5.69. The zero-order valence-corrected chi connectivity index (χ0v) is 40.0. The van der Waals surface area contributed by atoms with Crippen LogP contribution in [0.5, 0.6) is 0 Å². The van der Waals surface area contributed by atoms with E-state index in [1.807, 2.05) is 0 Å². The van der Waals surface area contributed by atoms with Crippen molar-refractivity contribution in [1.82, 2.24) is 0 Å². The van der Waals surface area contributed by atoms with Crippen LogP contribution in [0, 0.1) is 0 Å². The fraction of sp³-hybridized carbons (Fsp3) is 1.00. The normalized spacial score (nSPS) is 11.7. The molecule has 0 aliphatic carbocycles. The lowest BCUT2D eigenvalue weighted by Gasteiger charge is -2.09. The summed E-state index contributed by atoms with van der Waals surface area (Å²) in [6.45, 7) is 17.1. The van der Waals surface area contributed by atoms with Gasteiger partial charge in [-0.05, 0) is 23.7 Å². The maximum absolute atomic E-state index is 5.69. The van der Waals surface area contributed by atoms with Crippen LogP contribution in [0.1, 0.15) is 116 Å². The molecule has 0 spiro atoms. The van der Waals surface area contributed by atoms with Gasteiger partial charge in [0.15, 0.2) is 0 Å². The molecule has 59 heavy (non-hydrogen) atoms. The molecule has 0 unspecified atom stereocenters. The molecule has 0 N–H and O–H groups in total. The first kappa shape index (κ1) is 59.2. The minimum Gasteiger partial charge on any atom is -0.379 e. The number of hydrogen-bond donors (Lipinski definition) is 0. The van der Waals surface area contributed by atoms with Crippen molar-refractivity contribution in [3.63, 3.8) is 0 Å². The third kappa shape index (κ3) is 58.2. The topological polar surface area (TPSA) is 120 Å². The number of hydrogen-bond acceptors (Lipinski definition) is 13. The highest BCUT2D eigenvalue weighted by Crippen LogP contribution is 2.12. The molecule has 0 aliphatic rings. The van der Waals surface area contributed by atoms with Crippen molar-refractivity contribution in [1.29, 1.82) is 0 Å². The smallest absolute Gasteiger partial charge is 0.0701 e. The highest BCUT2D eigenvalue weighted by Gasteiger charge is 1.99. The van der Waals surface area contributed by atoms with E-state index < -0.39 is 0 Å². The molecule has 0 heterocycles. The lowest BCUT2D eigenvalue weighted by atomic mass is 10.0. The largest absolute Gasteiger partial charge is 0.379 e. The molecular formula is C45H91IO13. The first-order valence-electron chi connectivity index (χ1n) is 23.5. The van der Waals surface area contributed by atoms with E-state index in [2.05, 4.69) is 29.5 Å². The summed E-state index contributed by atoms with van der Waals surface area (Å²) >= 11 is 2.42. The Kier molecular flexibility index (Phi) is 58.4. The van der Waals surface area contributed by atoms with E-state index in [0.717, 1.165) is 26.1 Å². The Morgan fingerprint density at radius 1 is 0.186 bits per heavy atom. The predicted molar refractivity (Wildman–Crippen MR) is 244 cm³/mol. The highest BCUT2D eigenvalue weighted by molar-refractivity contribution is 14.1. The molecule has 0 aromatic heterocycles. The molecule has 0 saturated carbocycles. The van der Waals surface area contributed by atoms with E-state index >= 15 is 0 Å². The molecule has 0 rings (SSSR count). The first-order chi connectivity index (χ1) is 29.4. The zero-order valence-electron chi connectivity index (χ0n) is 37.8. The van der Waals surface area contributed by atoms with E-state index in [1.165, 1.54) is 101 Å². The van der Waals surface area contributed by atoms with E-state index in [1.54, 1.807) is 0 Å². The molecule has 0 fully saturated rings. The van der Waals surface area contributed by atoms with Gasteiger partial charge < -0.3 is 61.6 Å². The van der Waals surface area contributed by atoms with Crippen LogP contribution in [0.4, 0.5) is 0 Å². The Hall–Kier alpha value is 0.210. The van der Waals surface area contributed by atoms with Crippen LogP contribution in [-0.2, 0) is 61.6 Å². The molecule has 0 radical (unpaired) electrons. The summed E-state index contributed by atoms with van der Waals surface area (Å²) in [5, 5.41) is 0. The summed E-state index contributed by atoms with van der Waals surface area (Å²) in [6.07, 6.45) is 22.8. The molecule has 14 heteroatoms. The first-order valence-corrected chi connectivity index (χ1v) is 25.0. The number of halogens is 1. The molecule has 0 atom stereocenters. The summed E-state index contributed by atoms with van der Waals surface area (Å²) < 4.78 is 73.3. The monoisotopic (exact) mass is 967 g/mol. The maximum Gasteiger partial charge on any atom is 0.0701 e. The van der Waals surface area contributed by atoms with Gasteiger partial charge in [-0.25, -0.2) is 0 Å². The molecule has 0 amide bonds. The average molecular weight is 967 g/mol. The number of unbranched alkanes of at least 4 members (excludes halogenated alkanes) is 15. The van der Waals surface area contributed by atoms with E-state index in [4.69, 9.17) is 61.6 Å². The SMILES string of the molecule is CCCCCCCCCCCCCCCOCCOCCOCCOCCOCCOCCOCCOCCOCCOCCOCCOCCOCCCCCCI. The van der Waals surface area contributed by atoms with Crippen molar-refractivity contribution in [2.75, 3.05) is 176 Å². The lowest BCUT2D eigenvalue weighted by molar-refractivity contribution is -0.0290. The Morgan fingerprint density at radius 3 is 0.525 bits per heavy atom. The molecule has 0 aromatic carbocycles. The van der Waals surface area contributed by atoms with Gasteiger partial charge >= 0.3 is 0 Å². The fourth-order valence-corrected chi connectivity index (χ4v) is 6.15. The Labute approximate surface area is 375 Å². The van der Waals surface area contributed by atoms with Crippen LogP contribution in [0.2, 0.25) is 0 Å². The molecule has 0 aromatic rings. The molecule has 13 nitrogen and oxygen atoms in total. The van der Waals surface area contributed by atoms with E-state index in [0.29, 0.717) is 159 Å². The van der Waals surface area contributed by atoms with Crippen molar-refractivity contribution in [2.24, 2.45) is 0 Å². The van der Waals surface area contributed by atoms with Crippen LogP contribution in [0.25, 0.3) is 0 Å². The van der Waals surface area contributed by atoms with Crippen molar-refractivity contribution >= 4 is 22.6 Å². The molecular weight excluding hydrogens is 875 g/mol. The van der Waals surface area contributed by atoms with Gasteiger partial charge in [-0.1, -0.05) is 119 Å². The van der Waals surface area contributed by atoms with Gasteiger partial charge in [0.1, 0.15) is 0 Å². The second-order valence-electron chi connectivity index (χ2n) is 14.3.